The Morgan fingerprint density at radius 2 is 1.88 bits per heavy atom. The van der Waals surface area contributed by atoms with Gasteiger partial charge < -0.3 is 25.4 Å². The van der Waals surface area contributed by atoms with Gasteiger partial charge in [-0.3, -0.25) is 4.57 Å². The van der Waals surface area contributed by atoms with Crippen molar-refractivity contribution >= 4 is 17.0 Å². The normalized spacial score (nSPS) is 25.7. The van der Waals surface area contributed by atoms with Gasteiger partial charge in [0.15, 0.2) is 23.2 Å². The molecule has 26 heavy (non-hydrogen) atoms. The molecule has 0 spiro atoms. The average Bonchev–Trinajstić information content (AvgIpc) is 3.23. The van der Waals surface area contributed by atoms with E-state index in [1.165, 1.54) is 17.2 Å². The van der Waals surface area contributed by atoms with Crippen LogP contribution in [-0.2, 0) is 11.3 Å². The smallest absolute Gasteiger partial charge is 0.167 e. The first-order valence-electron chi connectivity index (χ1n) is 8.27. The van der Waals surface area contributed by atoms with Crippen LogP contribution in [0.3, 0.4) is 0 Å². The number of hydrogen-bond acceptors (Lipinski definition) is 8. The molecule has 1 aromatic carbocycles. The quantitative estimate of drug-likeness (QED) is 0.505. The molecule has 3 heterocycles. The molecule has 136 valence electrons. The first kappa shape index (κ1) is 16.9. The van der Waals surface area contributed by atoms with Crippen LogP contribution in [0, 0.1) is 0 Å². The number of rotatable bonds is 5. The van der Waals surface area contributed by atoms with E-state index >= 15 is 0 Å². The highest BCUT2D eigenvalue weighted by atomic mass is 16.6. The Hall–Kier alpha value is -2.59. The van der Waals surface area contributed by atoms with Gasteiger partial charge in [-0.1, -0.05) is 30.3 Å². The predicted molar refractivity (Wildman–Crippen MR) is 92.1 cm³/mol. The SMILES string of the molecule is OC[C@H]1OC(n2cnc3c(NCc4ccccc4)ncnc32)[C@@H](O)C1O. The van der Waals surface area contributed by atoms with Gasteiger partial charge in [-0.15, -0.1) is 0 Å². The maximum atomic E-state index is 10.2. The molecule has 4 atom stereocenters. The highest BCUT2D eigenvalue weighted by Gasteiger charge is 2.44. The van der Waals surface area contributed by atoms with Crippen molar-refractivity contribution in [3.05, 3.63) is 48.5 Å². The second kappa shape index (κ2) is 6.96. The summed E-state index contributed by atoms with van der Waals surface area (Å²) < 4.78 is 7.08. The highest BCUT2D eigenvalue weighted by Crippen LogP contribution is 2.32. The average molecular weight is 357 g/mol. The van der Waals surface area contributed by atoms with E-state index in [1.54, 1.807) is 0 Å². The minimum Gasteiger partial charge on any atom is -0.394 e. The lowest BCUT2D eigenvalue weighted by Gasteiger charge is -2.16. The van der Waals surface area contributed by atoms with E-state index in [0.29, 0.717) is 23.5 Å². The molecule has 2 aromatic heterocycles. The van der Waals surface area contributed by atoms with Crippen molar-refractivity contribution in [1.29, 1.82) is 0 Å². The van der Waals surface area contributed by atoms with Crippen LogP contribution in [0.15, 0.2) is 43.0 Å². The maximum absolute atomic E-state index is 10.2. The summed E-state index contributed by atoms with van der Waals surface area (Å²) in [6.45, 7) is 0.188. The molecule has 0 amide bonds. The third-order valence-electron chi connectivity index (χ3n) is 4.45. The van der Waals surface area contributed by atoms with E-state index in [1.807, 2.05) is 30.3 Å². The zero-order chi connectivity index (χ0) is 18.1. The molecule has 9 heteroatoms. The summed E-state index contributed by atoms with van der Waals surface area (Å²) in [6.07, 6.45) is -1.24. The van der Waals surface area contributed by atoms with Gasteiger partial charge in [0.25, 0.3) is 0 Å². The van der Waals surface area contributed by atoms with E-state index in [-0.39, 0.29) is 6.61 Å². The Morgan fingerprint density at radius 1 is 1.08 bits per heavy atom. The van der Waals surface area contributed by atoms with Crippen LogP contribution in [0.5, 0.6) is 0 Å². The molecule has 1 fully saturated rings. The standard InChI is InChI=1S/C17H19N5O4/c23-7-11-13(24)14(25)17(26-11)22-9-21-12-15(19-8-20-16(12)22)18-6-10-4-2-1-3-5-10/h1-5,8-9,11,13-14,17,23-25H,6-7H2,(H,18,19,20)/t11-,13?,14+,17?/m1/s1. The molecule has 9 nitrogen and oxygen atoms in total. The van der Waals surface area contributed by atoms with Gasteiger partial charge in [-0.2, -0.15) is 0 Å². The Balaban J connectivity index is 1.61. The fourth-order valence-electron chi connectivity index (χ4n) is 3.06. The lowest BCUT2D eigenvalue weighted by atomic mass is 10.1. The first-order valence-corrected chi connectivity index (χ1v) is 8.27. The van der Waals surface area contributed by atoms with Crippen LogP contribution < -0.4 is 5.32 Å². The minimum absolute atomic E-state index is 0.389. The number of benzene rings is 1. The Morgan fingerprint density at radius 3 is 2.62 bits per heavy atom. The van der Waals surface area contributed by atoms with E-state index in [4.69, 9.17) is 4.74 Å². The molecule has 0 bridgehead atoms. The van der Waals surface area contributed by atoms with Crippen LogP contribution >= 0.6 is 0 Å². The summed E-state index contributed by atoms with van der Waals surface area (Å²) in [5.41, 5.74) is 2.09. The van der Waals surface area contributed by atoms with Gasteiger partial charge in [-0.05, 0) is 5.56 Å². The summed E-state index contributed by atoms with van der Waals surface area (Å²) in [4.78, 5) is 12.8. The summed E-state index contributed by atoms with van der Waals surface area (Å²) >= 11 is 0. The number of hydrogen-bond donors (Lipinski definition) is 4. The monoisotopic (exact) mass is 357 g/mol. The van der Waals surface area contributed by atoms with Gasteiger partial charge in [0.05, 0.1) is 12.9 Å². The maximum Gasteiger partial charge on any atom is 0.167 e. The molecule has 3 aromatic rings. The molecular formula is C17H19N5O4. The van der Waals surface area contributed by atoms with Crippen molar-refractivity contribution in [2.45, 2.75) is 31.1 Å². The fourth-order valence-corrected chi connectivity index (χ4v) is 3.06. The summed E-state index contributed by atoms with van der Waals surface area (Å²) in [7, 11) is 0. The summed E-state index contributed by atoms with van der Waals surface area (Å²) in [6, 6.07) is 9.88. The van der Waals surface area contributed by atoms with Crippen LogP contribution in [0.25, 0.3) is 11.2 Å². The van der Waals surface area contributed by atoms with Gasteiger partial charge in [0, 0.05) is 6.54 Å². The number of anilines is 1. The lowest BCUT2D eigenvalue weighted by Crippen LogP contribution is -2.33. The largest absolute Gasteiger partial charge is 0.394 e. The Labute approximate surface area is 148 Å². The van der Waals surface area contributed by atoms with Gasteiger partial charge >= 0.3 is 0 Å². The first-order chi connectivity index (χ1) is 12.7. The van der Waals surface area contributed by atoms with E-state index in [9.17, 15) is 15.3 Å². The van der Waals surface area contributed by atoms with Crippen molar-refractivity contribution in [2.75, 3.05) is 11.9 Å². The number of ether oxygens (including phenoxy) is 1. The van der Waals surface area contributed by atoms with Crippen LogP contribution in [0.1, 0.15) is 11.8 Å². The van der Waals surface area contributed by atoms with Crippen molar-refractivity contribution in [3.63, 3.8) is 0 Å². The summed E-state index contributed by atoms with van der Waals surface area (Å²) in [5, 5.41) is 32.6. The lowest BCUT2D eigenvalue weighted by molar-refractivity contribution is -0.0511. The van der Waals surface area contributed by atoms with Crippen molar-refractivity contribution in [3.8, 4) is 0 Å². The molecule has 1 saturated heterocycles. The molecule has 1 aliphatic rings. The number of aliphatic hydroxyl groups excluding tert-OH is 3. The predicted octanol–water partition coefficient (Wildman–Crippen LogP) is 0.0499. The molecule has 2 unspecified atom stereocenters. The molecule has 0 aliphatic carbocycles. The van der Waals surface area contributed by atoms with Gasteiger partial charge in [0.1, 0.15) is 24.6 Å². The van der Waals surface area contributed by atoms with E-state index in [0.717, 1.165) is 5.56 Å². The third-order valence-corrected chi connectivity index (χ3v) is 4.45. The topological polar surface area (TPSA) is 126 Å². The number of nitrogens with zero attached hydrogens (tertiary/aromatic N) is 4. The second-order valence-corrected chi connectivity index (χ2v) is 6.11. The van der Waals surface area contributed by atoms with Gasteiger partial charge in [-0.25, -0.2) is 15.0 Å². The van der Waals surface area contributed by atoms with Crippen molar-refractivity contribution in [2.24, 2.45) is 0 Å². The highest BCUT2D eigenvalue weighted by molar-refractivity contribution is 5.82. The second-order valence-electron chi connectivity index (χ2n) is 6.11. The van der Waals surface area contributed by atoms with Crippen LogP contribution in [-0.4, -0.2) is 59.8 Å². The number of aliphatic hydroxyl groups is 3. The number of aromatic nitrogens is 4. The molecule has 0 saturated carbocycles. The molecule has 0 radical (unpaired) electrons. The zero-order valence-electron chi connectivity index (χ0n) is 13.8. The van der Waals surface area contributed by atoms with Crippen LogP contribution in [0.4, 0.5) is 5.82 Å². The number of imidazole rings is 1. The molecular weight excluding hydrogens is 338 g/mol. The number of nitrogens with one attached hydrogen (secondary N) is 1. The third kappa shape index (κ3) is 2.90. The summed E-state index contributed by atoms with van der Waals surface area (Å²) in [5.74, 6) is 0.560. The molecule has 4 N–H and O–H groups in total. The van der Waals surface area contributed by atoms with Crippen LogP contribution in [0.2, 0.25) is 0 Å². The number of fused-ring (bicyclic) bond motifs is 1. The Bertz CT molecular complexity index is 887. The van der Waals surface area contributed by atoms with E-state index in [2.05, 4.69) is 20.3 Å². The molecule has 4 rings (SSSR count). The molecule has 1 aliphatic heterocycles. The Kier molecular flexibility index (Phi) is 4.51. The van der Waals surface area contributed by atoms with Crippen molar-refractivity contribution < 1.29 is 20.1 Å². The fraction of sp³-hybridized carbons (Fsp3) is 0.353. The zero-order valence-corrected chi connectivity index (χ0v) is 13.8. The van der Waals surface area contributed by atoms with Gasteiger partial charge in [0.2, 0.25) is 0 Å². The minimum atomic E-state index is -1.19. The van der Waals surface area contributed by atoms with Crippen molar-refractivity contribution in [1.82, 2.24) is 19.5 Å². The van der Waals surface area contributed by atoms with E-state index < -0.39 is 24.5 Å².